The molecule has 0 amide bonds. The van der Waals surface area contributed by atoms with Gasteiger partial charge in [-0.3, -0.25) is 0 Å². The molecule has 7 rings (SSSR count). The second-order valence-electron chi connectivity index (χ2n) is 16.1. The van der Waals surface area contributed by atoms with Crippen LogP contribution in [0.2, 0.25) is 23.7 Å². The van der Waals surface area contributed by atoms with Crippen LogP contribution in [0, 0.1) is 42.4 Å². The summed E-state index contributed by atoms with van der Waals surface area (Å²) in [6, 6.07) is 9.34. The molecular weight excluding hydrogens is 551 g/mol. The summed E-state index contributed by atoms with van der Waals surface area (Å²) in [7, 11) is 0.523. The molecule has 1 heterocycles. The molecule has 10 atom stereocenters. The standard InChI is InChI=1S/C41H55NOSi/c1-28-23-24-36-35(27-28)37-31-19-11-14-22-34(31)40(38(37)42(36)5)44(6,26-16-8-7-15-25-43-41(2,3)4)39-32-20-12-9-17-29(32)30-18-10-13-21-33(30)39/h9-14,17-24,27,29-34,37-40H,7-8,15-16,25-26H2,1-6H3. The lowest BCUT2D eigenvalue weighted by molar-refractivity contribution is -0.00471. The van der Waals surface area contributed by atoms with E-state index in [1.165, 1.54) is 43.0 Å². The smallest absolute Gasteiger partial charge is 0.0608 e. The number of fused-ring (bicyclic) bond motifs is 8. The molecule has 10 unspecified atom stereocenters. The van der Waals surface area contributed by atoms with E-state index in [1.54, 1.807) is 5.56 Å². The molecule has 0 saturated heterocycles. The molecular formula is C41H55NOSi. The van der Waals surface area contributed by atoms with E-state index in [2.05, 4.69) is 137 Å². The van der Waals surface area contributed by atoms with Crippen molar-refractivity contribution in [3.63, 3.8) is 0 Å². The van der Waals surface area contributed by atoms with Gasteiger partial charge in [-0.1, -0.05) is 122 Å². The van der Waals surface area contributed by atoms with Gasteiger partial charge in [0.1, 0.15) is 0 Å². The van der Waals surface area contributed by atoms with Crippen molar-refractivity contribution in [3.05, 3.63) is 102 Å². The van der Waals surface area contributed by atoms with Crippen LogP contribution in [-0.4, -0.2) is 33.4 Å². The minimum Gasteiger partial charge on any atom is -0.376 e. The van der Waals surface area contributed by atoms with Gasteiger partial charge >= 0.3 is 0 Å². The Kier molecular flexibility index (Phi) is 8.11. The first-order valence-electron chi connectivity index (χ1n) is 17.7. The summed E-state index contributed by atoms with van der Waals surface area (Å²) in [5, 5.41) is 0. The van der Waals surface area contributed by atoms with Gasteiger partial charge in [0.15, 0.2) is 0 Å². The summed E-state index contributed by atoms with van der Waals surface area (Å²) in [6.45, 7) is 12.6. The molecule has 1 aliphatic heterocycles. The van der Waals surface area contributed by atoms with Crippen LogP contribution >= 0.6 is 0 Å². The first-order chi connectivity index (χ1) is 21.2. The molecule has 234 valence electrons. The van der Waals surface area contributed by atoms with E-state index in [0.717, 1.165) is 17.7 Å². The molecule has 0 bridgehead atoms. The zero-order chi connectivity index (χ0) is 30.6. The van der Waals surface area contributed by atoms with Gasteiger partial charge in [-0.25, -0.2) is 0 Å². The van der Waals surface area contributed by atoms with Crippen molar-refractivity contribution >= 4 is 13.8 Å². The predicted octanol–water partition coefficient (Wildman–Crippen LogP) is 10.2. The number of likely N-dealkylation sites (N-methyl/N-ethyl adjacent to an activating group) is 1. The van der Waals surface area contributed by atoms with Crippen LogP contribution in [0.25, 0.3) is 0 Å². The second kappa shape index (κ2) is 11.8. The summed E-state index contributed by atoms with van der Waals surface area (Å²) in [4.78, 5) is 2.76. The Morgan fingerprint density at radius 2 is 1.25 bits per heavy atom. The summed E-state index contributed by atoms with van der Waals surface area (Å²) in [5.74, 6) is 4.48. The first-order valence-corrected chi connectivity index (χ1v) is 20.6. The Balaban J connectivity index is 1.25. The lowest BCUT2D eigenvalue weighted by Crippen LogP contribution is -2.52. The second-order valence-corrected chi connectivity index (χ2v) is 21.0. The van der Waals surface area contributed by atoms with Crippen molar-refractivity contribution in [2.75, 3.05) is 18.6 Å². The quantitative estimate of drug-likeness (QED) is 0.205. The molecule has 2 fully saturated rings. The number of benzene rings is 1. The van der Waals surface area contributed by atoms with Crippen LogP contribution in [0.15, 0.2) is 91.1 Å². The zero-order valence-electron chi connectivity index (χ0n) is 28.0. The number of ether oxygens (including phenoxy) is 1. The molecule has 1 aromatic carbocycles. The van der Waals surface area contributed by atoms with Gasteiger partial charge < -0.3 is 9.64 Å². The Bertz CT molecular complexity index is 1370. The highest BCUT2D eigenvalue weighted by atomic mass is 28.3. The van der Waals surface area contributed by atoms with E-state index in [-0.39, 0.29) is 5.60 Å². The van der Waals surface area contributed by atoms with Crippen LogP contribution in [-0.2, 0) is 4.74 Å². The Morgan fingerprint density at radius 3 is 1.86 bits per heavy atom. The Labute approximate surface area is 268 Å². The molecule has 6 aliphatic rings. The van der Waals surface area contributed by atoms with E-state index in [0.29, 0.717) is 47.5 Å². The van der Waals surface area contributed by atoms with Crippen LogP contribution in [0.5, 0.6) is 0 Å². The molecule has 5 aliphatic carbocycles. The van der Waals surface area contributed by atoms with Gasteiger partial charge in [0.2, 0.25) is 0 Å². The topological polar surface area (TPSA) is 12.5 Å². The normalized spacial score (nSPS) is 37.1. The molecule has 0 spiro atoms. The highest BCUT2D eigenvalue weighted by molar-refractivity contribution is 6.82. The average molecular weight is 606 g/mol. The third-order valence-electron chi connectivity index (χ3n) is 12.5. The number of hydrogen-bond acceptors (Lipinski definition) is 2. The third kappa shape index (κ3) is 5.11. The maximum absolute atomic E-state index is 6.08. The van der Waals surface area contributed by atoms with Gasteiger partial charge in [-0.2, -0.15) is 0 Å². The van der Waals surface area contributed by atoms with Crippen molar-refractivity contribution in [1.29, 1.82) is 0 Å². The van der Waals surface area contributed by atoms with E-state index in [4.69, 9.17) is 4.74 Å². The summed E-state index contributed by atoms with van der Waals surface area (Å²) >= 11 is 0. The monoisotopic (exact) mass is 605 g/mol. The summed E-state index contributed by atoms with van der Waals surface area (Å²) < 4.78 is 6.08. The van der Waals surface area contributed by atoms with E-state index in [1.807, 2.05) is 0 Å². The Hall–Kier alpha value is -2.36. The number of rotatable bonds is 9. The van der Waals surface area contributed by atoms with Crippen molar-refractivity contribution in [2.24, 2.45) is 35.5 Å². The van der Waals surface area contributed by atoms with Crippen LogP contribution in [0.1, 0.15) is 63.5 Å². The minimum atomic E-state index is -1.92. The molecule has 2 nitrogen and oxygen atoms in total. The summed E-state index contributed by atoms with van der Waals surface area (Å²) in [5.41, 5.74) is 5.99. The zero-order valence-corrected chi connectivity index (χ0v) is 29.0. The largest absolute Gasteiger partial charge is 0.376 e. The van der Waals surface area contributed by atoms with E-state index >= 15 is 0 Å². The van der Waals surface area contributed by atoms with Gasteiger partial charge in [-0.15, -0.1) is 0 Å². The van der Waals surface area contributed by atoms with Crippen molar-refractivity contribution in [1.82, 2.24) is 0 Å². The SMILES string of the molecule is Cc1ccc2c(c1)C1C3C=CC=CC3C([Si](C)(CCCCCCOC(C)(C)C)C3C4C=CC=CC4C4C=CC=CC43)C1N2C. The molecule has 0 aromatic heterocycles. The van der Waals surface area contributed by atoms with Gasteiger partial charge in [0, 0.05) is 31.3 Å². The fourth-order valence-electron chi connectivity index (χ4n) is 11.0. The predicted molar refractivity (Wildman–Crippen MR) is 190 cm³/mol. The molecule has 3 heteroatoms. The van der Waals surface area contributed by atoms with Gasteiger partial charge in [0.25, 0.3) is 0 Å². The van der Waals surface area contributed by atoms with Crippen molar-refractivity contribution in [2.45, 2.75) is 94.6 Å². The lowest BCUT2D eigenvalue weighted by Gasteiger charge is -2.49. The fourth-order valence-corrected chi connectivity index (χ4v) is 17.9. The van der Waals surface area contributed by atoms with E-state index in [9.17, 15) is 0 Å². The average Bonchev–Trinajstić information content (AvgIpc) is 3.62. The van der Waals surface area contributed by atoms with Crippen LogP contribution in [0.3, 0.4) is 0 Å². The highest BCUT2D eigenvalue weighted by Gasteiger charge is 2.65. The number of aryl methyl sites for hydroxylation is 1. The fraction of sp³-hybridized carbons (Fsp3) is 0.561. The molecule has 0 radical (unpaired) electrons. The summed E-state index contributed by atoms with van der Waals surface area (Å²) in [6.07, 6.45) is 35.0. The molecule has 44 heavy (non-hydrogen) atoms. The van der Waals surface area contributed by atoms with Crippen LogP contribution < -0.4 is 4.90 Å². The number of unbranched alkanes of at least 4 members (excludes halogenated alkanes) is 3. The molecule has 1 aromatic rings. The first kappa shape index (κ1) is 30.3. The molecule has 2 saturated carbocycles. The Morgan fingerprint density at radius 1 is 0.705 bits per heavy atom. The number of anilines is 1. The lowest BCUT2D eigenvalue weighted by atomic mass is 9.82. The minimum absolute atomic E-state index is 0.0358. The van der Waals surface area contributed by atoms with E-state index < -0.39 is 8.07 Å². The third-order valence-corrected chi connectivity index (χ3v) is 18.5. The number of hydrogen-bond donors (Lipinski definition) is 0. The van der Waals surface area contributed by atoms with Gasteiger partial charge in [-0.05, 0) is 92.3 Å². The van der Waals surface area contributed by atoms with Gasteiger partial charge in [0.05, 0.1) is 13.7 Å². The number of allylic oxidation sites excluding steroid dienone is 12. The maximum atomic E-state index is 6.08. The molecule has 0 N–H and O–H groups in total. The van der Waals surface area contributed by atoms with Crippen molar-refractivity contribution < 1.29 is 4.74 Å². The highest BCUT2D eigenvalue weighted by Crippen LogP contribution is 2.69. The number of nitrogens with zero attached hydrogens (tertiary/aromatic N) is 1. The van der Waals surface area contributed by atoms with Crippen molar-refractivity contribution in [3.8, 4) is 0 Å². The maximum Gasteiger partial charge on any atom is 0.0608 e. The van der Waals surface area contributed by atoms with Crippen LogP contribution in [0.4, 0.5) is 5.69 Å².